The Kier molecular flexibility index (Phi) is 5.45. The van der Waals surface area contributed by atoms with Crippen molar-refractivity contribution in [3.8, 4) is 0 Å². The Hall–Kier alpha value is -1.23. The molecule has 0 heterocycles. The summed E-state index contributed by atoms with van der Waals surface area (Å²) >= 11 is 5.79. The topological polar surface area (TPSA) is 29.1 Å². The molecule has 6 heteroatoms. The summed E-state index contributed by atoms with van der Waals surface area (Å²) in [6, 6.07) is 4.57. The third-order valence-corrected chi connectivity index (χ3v) is 3.75. The first-order chi connectivity index (χ1) is 9.20. The predicted octanol–water partition coefficient (Wildman–Crippen LogP) is 3.77. The summed E-state index contributed by atoms with van der Waals surface area (Å²) in [6.07, 6.45) is -3.65. The molecule has 0 fully saturated rings. The van der Waals surface area contributed by atoms with Gasteiger partial charge < -0.3 is 5.32 Å². The van der Waals surface area contributed by atoms with Crippen LogP contribution in [0.4, 0.5) is 13.2 Å². The zero-order chi connectivity index (χ0) is 15.4. The van der Waals surface area contributed by atoms with E-state index in [9.17, 15) is 18.0 Å². The molecule has 0 saturated carbocycles. The van der Waals surface area contributed by atoms with Gasteiger partial charge in [0.1, 0.15) is 0 Å². The second kappa shape index (κ2) is 6.48. The largest absolute Gasteiger partial charge is 0.416 e. The van der Waals surface area contributed by atoms with Crippen LogP contribution in [0.3, 0.4) is 0 Å². The molecule has 0 aliphatic rings. The molecule has 0 aliphatic carbocycles. The lowest BCUT2D eigenvalue weighted by atomic mass is 10.0. The van der Waals surface area contributed by atoms with Crippen LogP contribution in [0.5, 0.6) is 0 Å². The summed E-state index contributed by atoms with van der Waals surface area (Å²) in [5, 5.41) is 2.79. The van der Waals surface area contributed by atoms with Crippen LogP contribution in [0.15, 0.2) is 24.3 Å². The number of amides is 1. The van der Waals surface area contributed by atoms with Crippen molar-refractivity contribution < 1.29 is 18.0 Å². The van der Waals surface area contributed by atoms with Crippen LogP contribution in [-0.2, 0) is 17.4 Å². The van der Waals surface area contributed by atoms with E-state index in [0.29, 0.717) is 12.0 Å². The van der Waals surface area contributed by atoms with Crippen molar-refractivity contribution in [2.45, 2.75) is 38.4 Å². The zero-order valence-corrected chi connectivity index (χ0v) is 12.1. The van der Waals surface area contributed by atoms with Crippen molar-refractivity contribution >= 4 is 17.5 Å². The van der Waals surface area contributed by atoms with E-state index in [4.69, 9.17) is 11.6 Å². The van der Waals surface area contributed by atoms with Gasteiger partial charge in [0, 0.05) is 5.88 Å². The minimum atomic E-state index is -4.36. The van der Waals surface area contributed by atoms with Gasteiger partial charge in [-0.1, -0.05) is 19.1 Å². The van der Waals surface area contributed by atoms with Gasteiger partial charge in [-0.05, 0) is 31.0 Å². The van der Waals surface area contributed by atoms with E-state index >= 15 is 0 Å². The SMILES string of the molecule is CCC(C)(CCl)NC(=O)Cc1ccc(C(F)(F)F)cc1. The third-order valence-electron chi connectivity index (χ3n) is 3.16. The average molecular weight is 308 g/mol. The highest BCUT2D eigenvalue weighted by Crippen LogP contribution is 2.29. The van der Waals surface area contributed by atoms with E-state index in [1.165, 1.54) is 12.1 Å². The summed E-state index contributed by atoms with van der Waals surface area (Å²) in [7, 11) is 0. The summed E-state index contributed by atoms with van der Waals surface area (Å²) in [6.45, 7) is 3.73. The fourth-order valence-corrected chi connectivity index (χ4v) is 1.85. The molecule has 0 aliphatic heterocycles. The maximum atomic E-state index is 12.4. The molecule has 0 saturated heterocycles. The molecule has 0 radical (unpaired) electrons. The molecule has 1 aromatic carbocycles. The monoisotopic (exact) mass is 307 g/mol. The van der Waals surface area contributed by atoms with Gasteiger partial charge in [-0.15, -0.1) is 11.6 Å². The first kappa shape index (κ1) is 16.8. The van der Waals surface area contributed by atoms with Crippen LogP contribution >= 0.6 is 11.6 Å². The van der Waals surface area contributed by atoms with Gasteiger partial charge in [-0.25, -0.2) is 0 Å². The number of rotatable bonds is 5. The normalized spacial score (nSPS) is 14.7. The smallest absolute Gasteiger partial charge is 0.349 e. The molecule has 112 valence electrons. The van der Waals surface area contributed by atoms with Crippen LogP contribution in [-0.4, -0.2) is 17.3 Å². The lowest BCUT2D eigenvalue weighted by molar-refractivity contribution is -0.137. The lowest BCUT2D eigenvalue weighted by Crippen LogP contribution is -2.47. The number of alkyl halides is 4. The molecular formula is C14H17ClF3NO. The minimum absolute atomic E-state index is 0.0324. The number of carbonyl (C=O) groups excluding carboxylic acids is 1. The van der Waals surface area contributed by atoms with E-state index in [1.54, 1.807) is 0 Å². The van der Waals surface area contributed by atoms with Crippen LogP contribution in [0.25, 0.3) is 0 Å². The van der Waals surface area contributed by atoms with E-state index < -0.39 is 17.3 Å². The molecule has 0 spiro atoms. The maximum Gasteiger partial charge on any atom is 0.416 e. The standard InChI is InChI=1S/C14H17ClF3NO/c1-3-13(2,9-15)19-12(20)8-10-4-6-11(7-5-10)14(16,17)18/h4-7H,3,8-9H2,1-2H3,(H,19,20). The molecule has 1 unspecified atom stereocenters. The summed E-state index contributed by atoms with van der Waals surface area (Å²) < 4.78 is 37.2. The Morgan fingerprint density at radius 2 is 1.80 bits per heavy atom. The van der Waals surface area contributed by atoms with Gasteiger partial charge in [0.15, 0.2) is 0 Å². The molecule has 1 aromatic rings. The molecule has 1 rings (SSSR count). The van der Waals surface area contributed by atoms with Crippen LogP contribution in [0, 0.1) is 0 Å². The predicted molar refractivity (Wildman–Crippen MR) is 72.7 cm³/mol. The Labute approximate surface area is 121 Å². The van der Waals surface area contributed by atoms with Crippen molar-refractivity contribution in [3.05, 3.63) is 35.4 Å². The Bertz CT molecular complexity index is 452. The minimum Gasteiger partial charge on any atom is -0.349 e. The highest BCUT2D eigenvalue weighted by Gasteiger charge is 2.30. The summed E-state index contributed by atoms with van der Waals surface area (Å²) in [5.41, 5.74) is -0.686. The molecule has 1 N–H and O–H groups in total. The lowest BCUT2D eigenvalue weighted by Gasteiger charge is -2.27. The fraction of sp³-hybridized carbons (Fsp3) is 0.500. The first-order valence-electron chi connectivity index (χ1n) is 6.23. The molecular weight excluding hydrogens is 291 g/mol. The highest BCUT2D eigenvalue weighted by molar-refractivity contribution is 6.18. The fourth-order valence-electron chi connectivity index (χ4n) is 1.59. The van der Waals surface area contributed by atoms with Crippen LogP contribution < -0.4 is 5.32 Å². The number of hydrogen-bond donors (Lipinski definition) is 1. The molecule has 0 aromatic heterocycles. The molecule has 0 bridgehead atoms. The van der Waals surface area contributed by atoms with Gasteiger partial charge in [0.25, 0.3) is 0 Å². The van der Waals surface area contributed by atoms with Crippen molar-refractivity contribution in [1.82, 2.24) is 5.32 Å². The van der Waals surface area contributed by atoms with E-state index in [1.807, 2.05) is 13.8 Å². The second-order valence-electron chi connectivity index (χ2n) is 4.97. The van der Waals surface area contributed by atoms with Crippen molar-refractivity contribution in [2.75, 3.05) is 5.88 Å². The number of nitrogens with one attached hydrogen (secondary N) is 1. The quantitative estimate of drug-likeness (QED) is 0.824. The first-order valence-corrected chi connectivity index (χ1v) is 6.77. The number of halogens is 4. The summed E-state index contributed by atoms with van der Waals surface area (Å²) in [5.74, 6) is 0.0252. The number of benzene rings is 1. The van der Waals surface area contributed by atoms with Gasteiger partial charge in [0.2, 0.25) is 5.91 Å². The van der Waals surface area contributed by atoms with E-state index in [2.05, 4.69) is 5.32 Å². The van der Waals surface area contributed by atoms with Crippen molar-refractivity contribution in [3.63, 3.8) is 0 Å². The van der Waals surface area contributed by atoms with Gasteiger partial charge in [-0.2, -0.15) is 13.2 Å². The molecule has 1 atom stereocenters. The van der Waals surface area contributed by atoms with E-state index in [0.717, 1.165) is 12.1 Å². The average Bonchev–Trinajstić information content (AvgIpc) is 2.38. The second-order valence-corrected chi connectivity index (χ2v) is 5.23. The zero-order valence-electron chi connectivity index (χ0n) is 11.4. The molecule has 2 nitrogen and oxygen atoms in total. The molecule has 1 amide bonds. The molecule has 20 heavy (non-hydrogen) atoms. The number of carbonyl (C=O) groups is 1. The van der Waals surface area contributed by atoms with Gasteiger partial charge >= 0.3 is 6.18 Å². The summed E-state index contributed by atoms with van der Waals surface area (Å²) in [4.78, 5) is 11.8. The third kappa shape index (κ3) is 4.71. The maximum absolute atomic E-state index is 12.4. The Morgan fingerprint density at radius 1 is 1.25 bits per heavy atom. The van der Waals surface area contributed by atoms with Gasteiger partial charge in [-0.3, -0.25) is 4.79 Å². The van der Waals surface area contributed by atoms with Gasteiger partial charge in [0.05, 0.1) is 17.5 Å². The van der Waals surface area contributed by atoms with Crippen LogP contribution in [0.1, 0.15) is 31.4 Å². The van der Waals surface area contributed by atoms with Crippen molar-refractivity contribution in [1.29, 1.82) is 0 Å². The van der Waals surface area contributed by atoms with Crippen LogP contribution in [0.2, 0.25) is 0 Å². The highest BCUT2D eigenvalue weighted by atomic mass is 35.5. The van der Waals surface area contributed by atoms with E-state index in [-0.39, 0.29) is 18.2 Å². The Balaban J connectivity index is 2.68. The number of hydrogen-bond acceptors (Lipinski definition) is 1. The van der Waals surface area contributed by atoms with Crippen molar-refractivity contribution in [2.24, 2.45) is 0 Å². The Morgan fingerprint density at radius 3 is 2.20 bits per heavy atom.